The fourth-order valence-corrected chi connectivity index (χ4v) is 2.90. The molecule has 1 heterocycles. The van der Waals surface area contributed by atoms with E-state index in [1.165, 1.54) is 12.1 Å². The van der Waals surface area contributed by atoms with Gasteiger partial charge in [-0.1, -0.05) is 44.3 Å². The van der Waals surface area contributed by atoms with Crippen molar-refractivity contribution >= 4 is 50.9 Å². The maximum absolute atomic E-state index is 12.1. The van der Waals surface area contributed by atoms with Gasteiger partial charge in [-0.2, -0.15) is 0 Å². The molecule has 0 aliphatic carbocycles. The fourth-order valence-electron chi connectivity index (χ4n) is 2.13. The molecule has 0 unspecified atom stereocenters. The smallest absolute Gasteiger partial charge is 0.400 e. The normalized spacial score (nSPS) is 11.3. The first-order valence-electron chi connectivity index (χ1n) is 7.89. The zero-order valence-electron chi connectivity index (χ0n) is 14.2. The number of benzene rings is 2. The molecule has 0 fully saturated rings. The number of oxime groups is 1. The molecule has 144 valence electrons. The number of hydrogen-bond donors (Lipinski definition) is 1. The van der Waals surface area contributed by atoms with Crippen LogP contribution in [0.2, 0.25) is 10.0 Å². The van der Waals surface area contributed by atoms with Crippen molar-refractivity contribution in [3.63, 3.8) is 0 Å². The van der Waals surface area contributed by atoms with Gasteiger partial charge in [0.1, 0.15) is 18.1 Å². The number of nitrogens with two attached hydrogens (primary N) is 1. The third-order valence-electron chi connectivity index (χ3n) is 3.49. The van der Waals surface area contributed by atoms with Crippen LogP contribution in [0.5, 0.6) is 5.75 Å². The van der Waals surface area contributed by atoms with Crippen molar-refractivity contribution in [1.29, 1.82) is 0 Å². The van der Waals surface area contributed by atoms with Crippen molar-refractivity contribution in [2.75, 3.05) is 0 Å². The molecule has 9 heteroatoms. The van der Waals surface area contributed by atoms with Crippen molar-refractivity contribution in [2.45, 2.75) is 6.61 Å². The van der Waals surface area contributed by atoms with Gasteiger partial charge in [-0.3, -0.25) is 0 Å². The molecule has 3 rings (SSSR count). The lowest BCUT2D eigenvalue weighted by molar-refractivity contribution is 0.0475. The Hall–Kier alpha value is -2.48. The molecular formula is C19H13BrCl2N2O4. The van der Waals surface area contributed by atoms with Crippen molar-refractivity contribution in [3.05, 3.63) is 86.2 Å². The van der Waals surface area contributed by atoms with E-state index < -0.39 is 5.97 Å². The van der Waals surface area contributed by atoms with Gasteiger partial charge in [-0.25, -0.2) is 4.79 Å². The third-order valence-corrected chi connectivity index (χ3v) is 4.57. The summed E-state index contributed by atoms with van der Waals surface area (Å²) in [7, 11) is 0. The summed E-state index contributed by atoms with van der Waals surface area (Å²) < 4.78 is 11.9. The minimum absolute atomic E-state index is 0.0341. The Balaban J connectivity index is 1.59. The summed E-state index contributed by atoms with van der Waals surface area (Å²) in [6, 6.07) is 15.1. The van der Waals surface area contributed by atoms with Gasteiger partial charge < -0.3 is 19.7 Å². The fraction of sp³-hybridized carbons (Fsp3) is 0.0526. The summed E-state index contributed by atoms with van der Waals surface area (Å²) in [5, 5.41) is 4.33. The molecule has 0 aliphatic heterocycles. The Morgan fingerprint density at radius 3 is 2.57 bits per heavy atom. The average Bonchev–Trinajstić information content (AvgIpc) is 3.14. The highest BCUT2D eigenvalue weighted by atomic mass is 79.9. The third kappa shape index (κ3) is 5.28. The second-order valence-corrected chi connectivity index (χ2v) is 7.25. The van der Waals surface area contributed by atoms with Crippen molar-refractivity contribution in [3.8, 4) is 5.75 Å². The van der Waals surface area contributed by atoms with Crippen LogP contribution in [0.15, 0.2) is 68.6 Å². The summed E-state index contributed by atoms with van der Waals surface area (Å²) in [5.41, 5.74) is 6.18. The Bertz CT molecular complexity index is 1020. The average molecular weight is 484 g/mol. The van der Waals surface area contributed by atoms with Crippen LogP contribution in [-0.4, -0.2) is 11.8 Å². The van der Waals surface area contributed by atoms with E-state index in [0.29, 0.717) is 22.1 Å². The second-order valence-electron chi connectivity index (χ2n) is 5.49. The quantitative estimate of drug-likeness (QED) is 0.219. The lowest BCUT2D eigenvalue weighted by Crippen LogP contribution is -2.15. The number of furan rings is 1. The number of amidine groups is 1. The molecule has 0 atom stereocenters. The lowest BCUT2D eigenvalue weighted by atomic mass is 10.2. The van der Waals surface area contributed by atoms with E-state index in [1.807, 2.05) is 24.3 Å². The van der Waals surface area contributed by atoms with Crippen LogP contribution in [0, 0.1) is 0 Å². The maximum atomic E-state index is 12.1. The molecule has 2 aromatic carbocycles. The van der Waals surface area contributed by atoms with Crippen molar-refractivity contribution < 1.29 is 18.8 Å². The summed E-state index contributed by atoms with van der Waals surface area (Å²) in [6.07, 6.45) is 0. The molecule has 6 nitrogen and oxygen atoms in total. The van der Waals surface area contributed by atoms with Gasteiger partial charge in [0.25, 0.3) is 0 Å². The predicted molar refractivity (Wildman–Crippen MR) is 110 cm³/mol. The predicted octanol–water partition coefficient (Wildman–Crippen LogP) is 5.41. The van der Waals surface area contributed by atoms with Crippen LogP contribution in [0.25, 0.3) is 0 Å². The van der Waals surface area contributed by atoms with Crippen LogP contribution >= 0.6 is 39.1 Å². The van der Waals surface area contributed by atoms with E-state index in [0.717, 1.165) is 4.47 Å². The van der Waals surface area contributed by atoms with E-state index >= 15 is 0 Å². The zero-order chi connectivity index (χ0) is 20.1. The highest BCUT2D eigenvalue weighted by molar-refractivity contribution is 9.10. The summed E-state index contributed by atoms with van der Waals surface area (Å²) in [6.45, 7) is 0.153. The standard InChI is InChI=1S/C19H13BrCl2N2O4/c20-11-1-4-13(5-2-11)26-10-14-6-8-17(27-14)19(25)28-24-18(23)15-7-3-12(21)9-16(15)22/h1-9H,10H2,(H2,23,24). The molecule has 28 heavy (non-hydrogen) atoms. The number of ether oxygens (including phenoxy) is 1. The van der Waals surface area contributed by atoms with Gasteiger partial charge in [0, 0.05) is 15.1 Å². The van der Waals surface area contributed by atoms with E-state index in [-0.39, 0.29) is 23.2 Å². The number of carbonyl (C=O) groups is 1. The molecule has 1 aromatic heterocycles. The van der Waals surface area contributed by atoms with Gasteiger partial charge in [-0.15, -0.1) is 0 Å². The molecule has 0 saturated carbocycles. The van der Waals surface area contributed by atoms with Crippen molar-refractivity contribution in [2.24, 2.45) is 10.9 Å². The number of hydrogen-bond acceptors (Lipinski definition) is 5. The highest BCUT2D eigenvalue weighted by Crippen LogP contribution is 2.21. The molecule has 0 aliphatic rings. The Kier molecular flexibility index (Phi) is 6.61. The maximum Gasteiger partial charge on any atom is 0.400 e. The SMILES string of the molecule is N/C(=N\OC(=O)c1ccc(COc2ccc(Br)cc2)o1)c1ccc(Cl)cc1Cl. The van der Waals surface area contributed by atoms with Gasteiger partial charge in [0.15, 0.2) is 5.84 Å². The van der Waals surface area contributed by atoms with Crippen LogP contribution in [0.1, 0.15) is 21.9 Å². The van der Waals surface area contributed by atoms with Crippen LogP contribution in [-0.2, 0) is 11.4 Å². The summed E-state index contributed by atoms with van der Waals surface area (Å²) in [5.74, 6) is 0.213. The summed E-state index contributed by atoms with van der Waals surface area (Å²) >= 11 is 15.2. The number of halogens is 3. The minimum Gasteiger partial charge on any atom is -0.486 e. The van der Waals surface area contributed by atoms with E-state index in [2.05, 4.69) is 21.1 Å². The zero-order valence-corrected chi connectivity index (χ0v) is 17.3. The van der Waals surface area contributed by atoms with E-state index in [9.17, 15) is 4.79 Å². The molecule has 0 bridgehead atoms. The molecule has 0 spiro atoms. The van der Waals surface area contributed by atoms with Gasteiger partial charge in [-0.05, 0) is 54.6 Å². The van der Waals surface area contributed by atoms with Crippen LogP contribution in [0.4, 0.5) is 0 Å². The van der Waals surface area contributed by atoms with Gasteiger partial charge >= 0.3 is 5.97 Å². The van der Waals surface area contributed by atoms with E-state index in [4.69, 9.17) is 42.9 Å². The van der Waals surface area contributed by atoms with Crippen LogP contribution in [0.3, 0.4) is 0 Å². The topological polar surface area (TPSA) is 87.1 Å². The van der Waals surface area contributed by atoms with Gasteiger partial charge in [0.05, 0.1) is 5.02 Å². The highest BCUT2D eigenvalue weighted by Gasteiger charge is 2.15. The van der Waals surface area contributed by atoms with Crippen molar-refractivity contribution in [1.82, 2.24) is 0 Å². The van der Waals surface area contributed by atoms with Crippen LogP contribution < -0.4 is 10.5 Å². The molecule has 2 N–H and O–H groups in total. The minimum atomic E-state index is -0.803. The lowest BCUT2D eigenvalue weighted by Gasteiger charge is -2.04. The first-order valence-corrected chi connectivity index (χ1v) is 9.44. The number of carbonyl (C=O) groups excluding carboxylic acids is 1. The number of rotatable bonds is 6. The molecule has 3 aromatic rings. The van der Waals surface area contributed by atoms with Gasteiger partial charge in [0.2, 0.25) is 5.76 Å². The molecule has 0 saturated heterocycles. The first-order chi connectivity index (χ1) is 13.4. The molecule has 0 radical (unpaired) electrons. The second kappa shape index (κ2) is 9.14. The largest absolute Gasteiger partial charge is 0.486 e. The molecular weight excluding hydrogens is 471 g/mol. The Morgan fingerprint density at radius 2 is 1.86 bits per heavy atom. The van der Waals surface area contributed by atoms with E-state index in [1.54, 1.807) is 18.2 Å². The molecule has 0 amide bonds. The first kappa shape index (κ1) is 20.3. The number of nitrogens with zero attached hydrogens (tertiary/aromatic N) is 1. The Morgan fingerprint density at radius 1 is 1.11 bits per heavy atom. The summed E-state index contributed by atoms with van der Waals surface area (Å²) in [4.78, 5) is 16.9. The monoisotopic (exact) mass is 482 g/mol. The Labute approximate surface area is 178 Å².